The Hall–Kier alpha value is -2.11. The molecule has 0 atom stereocenters. The molecule has 1 aromatic rings. The molecular formula is C9H9NO5. The van der Waals surface area contributed by atoms with E-state index in [-0.39, 0.29) is 17.1 Å². The number of aromatic carboxylic acids is 1. The Morgan fingerprint density at radius 3 is 2.47 bits per heavy atom. The van der Waals surface area contributed by atoms with Crippen LogP contribution in [-0.2, 0) is 4.74 Å². The van der Waals surface area contributed by atoms with Crippen molar-refractivity contribution in [2.75, 3.05) is 14.2 Å². The van der Waals surface area contributed by atoms with Crippen LogP contribution in [0, 0.1) is 0 Å². The monoisotopic (exact) mass is 211 g/mol. The molecule has 1 aromatic heterocycles. The van der Waals surface area contributed by atoms with Gasteiger partial charge < -0.3 is 14.6 Å². The molecule has 0 aliphatic rings. The van der Waals surface area contributed by atoms with Gasteiger partial charge in [-0.15, -0.1) is 0 Å². The van der Waals surface area contributed by atoms with E-state index < -0.39 is 11.9 Å². The molecule has 0 aliphatic carbocycles. The number of methoxy groups -OCH3 is 2. The van der Waals surface area contributed by atoms with Crippen molar-refractivity contribution < 1.29 is 24.2 Å². The zero-order valence-electron chi connectivity index (χ0n) is 8.18. The Kier molecular flexibility index (Phi) is 3.22. The molecule has 6 heteroatoms. The molecule has 0 fully saturated rings. The number of carbonyl (C=O) groups excluding carboxylic acids is 1. The highest BCUT2D eigenvalue weighted by molar-refractivity contribution is 5.93. The molecule has 1 rings (SSSR count). The number of ether oxygens (including phenoxy) is 2. The first kappa shape index (κ1) is 11.0. The number of hydrogen-bond donors (Lipinski definition) is 1. The lowest BCUT2D eigenvalue weighted by atomic mass is 10.2. The van der Waals surface area contributed by atoms with Gasteiger partial charge in [-0.2, -0.15) is 0 Å². The first-order valence-electron chi connectivity index (χ1n) is 3.96. The van der Waals surface area contributed by atoms with E-state index in [1.165, 1.54) is 20.3 Å². The molecule has 0 saturated heterocycles. The van der Waals surface area contributed by atoms with Crippen molar-refractivity contribution in [2.45, 2.75) is 0 Å². The summed E-state index contributed by atoms with van der Waals surface area (Å²) in [6, 6.07) is 2.43. The van der Waals surface area contributed by atoms with Gasteiger partial charge in [0.05, 0.1) is 19.8 Å². The van der Waals surface area contributed by atoms with Crippen molar-refractivity contribution in [3.63, 3.8) is 0 Å². The summed E-state index contributed by atoms with van der Waals surface area (Å²) >= 11 is 0. The van der Waals surface area contributed by atoms with Crippen LogP contribution in [0.1, 0.15) is 20.8 Å². The predicted octanol–water partition coefficient (Wildman–Crippen LogP) is 0.575. The van der Waals surface area contributed by atoms with Crippen molar-refractivity contribution in [3.8, 4) is 5.88 Å². The molecule has 0 amide bonds. The number of aromatic nitrogens is 1. The van der Waals surface area contributed by atoms with Gasteiger partial charge in [-0.05, 0) is 6.07 Å². The summed E-state index contributed by atoms with van der Waals surface area (Å²) in [5.74, 6) is -1.83. The zero-order valence-corrected chi connectivity index (χ0v) is 8.18. The number of rotatable bonds is 3. The summed E-state index contributed by atoms with van der Waals surface area (Å²) in [5.41, 5.74) is -0.184. The summed E-state index contributed by atoms with van der Waals surface area (Å²) in [5, 5.41) is 8.71. The third kappa shape index (κ3) is 2.43. The summed E-state index contributed by atoms with van der Waals surface area (Å²) < 4.78 is 9.21. The molecule has 0 radical (unpaired) electrons. The fraction of sp³-hybridized carbons (Fsp3) is 0.222. The Morgan fingerprint density at radius 1 is 1.33 bits per heavy atom. The molecule has 0 bridgehead atoms. The lowest BCUT2D eigenvalue weighted by Gasteiger charge is -2.03. The number of pyridine rings is 1. The second-order valence-electron chi connectivity index (χ2n) is 2.58. The van der Waals surface area contributed by atoms with Crippen LogP contribution < -0.4 is 4.74 Å². The maximum atomic E-state index is 11.2. The molecular weight excluding hydrogens is 202 g/mol. The molecule has 1 heterocycles. The minimum atomic E-state index is -1.24. The fourth-order valence-corrected chi connectivity index (χ4v) is 0.955. The second kappa shape index (κ2) is 4.41. The molecule has 15 heavy (non-hydrogen) atoms. The van der Waals surface area contributed by atoms with Crippen LogP contribution >= 0.6 is 0 Å². The summed E-state index contributed by atoms with van der Waals surface area (Å²) in [7, 11) is 2.53. The van der Waals surface area contributed by atoms with Crippen molar-refractivity contribution in [2.24, 2.45) is 0 Å². The van der Waals surface area contributed by atoms with Gasteiger partial charge in [0.15, 0.2) is 5.69 Å². The predicted molar refractivity (Wildman–Crippen MR) is 49.1 cm³/mol. The van der Waals surface area contributed by atoms with Crippen LogP contribution in [0.2, 0.25) is 0 Å². The average Bonchev–Trinajstić information content (AvgIpc) is 2.27. The first-order valence-corrected chi connectivity index (χ1v) is 3.96. The topological polar surface area (TPSA) is 85.7 Å². The van der Waals surface area contributed by atoms with E-state index in [9.17, 15) is 9.59 Å². The van der Waals surface area contributed by atoms with E-state index in [1.54, 1.807) is 0 Å². The van der Waals surface area contributed by atoms with Gasteiger partial charge >= 0.3 is 11.9 Å². The molecule has 0 aliphatic heterocycles. The zero-order chi connectivity index (χ0) is 11.4. The van der Waals surface area contributed by atoms with Gasteiger partial charge in [-0.3, -0.25) is 0 Å². The van der Waals surface area contributed by atoms with Crippen LogP contribution in [0.25, 0.3) is 0 Å². The van der Waals surface area contributed by atoms with Crippen molar-refractivity contribution >= 4 is 11.9 Å². The average molecular weight is 211 g/mol. The van der Waals surface area contributed by atoms with Gasteiger partial charge in [0.25, 0.3) is 0 Å². The smallest absolute Gasteiger partial charge is 0.354 e. The maximum Gasteiger partial charge on any atom is 0.354 e. The minimum absolute atomic E-state index is 0.0512. The van der Waals surface area contributed by atoms with Gasteiger partial charge in [-0.1, -0.05) is 0 Å². The minimum Gasteiger partial charge on any atom is -0.481 e. The van der Waals surface area contributed by atoms with E-state index in [2.05, 4.69) is 9.72 Å². The molecule has 0 aromatic carbocycles. The molecule has 6 nitrogen and oxygen atoms in total. The highest BCUT2D eigenvalue weighted by Crippen LogP contribution is 2.13. The third-order valence-corrected chi connectivity index (χ3v) is 1.65. The lowest BCUT2D eigenvalue weighted by molar-refractivity contribution is 0.0600. The highest BCUT2D eigenvalue weighted by atomic mass is 16.5. The van der Waals surface area contributed by atoms with Crippen LogP contribution in [-0.4, -0.2) is 36.2 Å². The Morgan fingerprint density at radius 2 is 2.00 bits per heavy atom. The highest BCUT2D eigenvalue weighted by Gasteiger charge is 2.14. The van der Waals surface area contributed by atoms with Crippen LogP contribution in [0.5, 0.6) is 5.88 Å². The van der Waals surface area contributed by atoms with E-state index >= 15 is 0 Å². The van der Waals surface area contributed by atoms with E-state index in [0.29, 0.717) is 0 Å². The largest absolute Gasteiger partial charge is 0.481 e. The molecule has 0 unspecified atom stereocenters. The van der Waals surface area contributed by atoms with Crippen molar-refractivity contribution in [1.29, 1.82) is 0 Å². The maximum absolute atomic E-state index is 11.2. The third-order valence-electron chi connectivity index (χ3n) is 1.65. The quantitative estimate of drug-likeness (QED) is 0.736. The number of nitrogens with zero attached hydrogens (tertiary/aromatic N) is 1. The van der Waals surface area contributed by atoms with Gasteiger partial charge in [-0.25, -0.2) is 14.6 Å². The summed E-state index contributed by atoms with van der Waals surface area (Å²) in [6.45, 7) is 0. The van der Waals surface area contributed by atoms with Crippen LogP contribution in [0.15, 0.2) is 12.1 Å². The van der Waals surface area contributed by atoms with Crippen LogP contribution in [0.3, 0.4) is 0 Å². The summed E-state index contributed by atoms with van der Waals surface area (Å²) in [6.07, 6.45) is 0. The number of hydrogen-bond acceptors (Lipinski definition) is 5. The Labute approximate surface area is 85.5 Å². The standard InChI is InChI=1S/C9H9NO5/c1-14-7-4-5(9(13)15-2)3-6(10-7)8(11)12/h3-4H,1-2H3,(H,11,12). The van der Waals surface area contributed by atoms with Crippen molar-refractivity contribution in [3.05, 3.63) is 23.4 Å². The Bertz CT molecular complexity index is 401. The van der Waals surface area contributed by atoms with E-state index in [4.69, 9.17) is 9.84 Å². The normalized spacial score (nSPS) is 9.47. The molecule has 1 N–H and O–H groups in total. The van der Waals surface area contributed by atoms with Gasteiger partial charge in [0.1, 0.15) is 0 Å². The second-order valence-corrected chi connectivity index (χ2v) is 2.58. The van der Waals surface area contributed by atoms with Crippen molar-refractivity contribution in [1.82, 2.24) is 4.98 Å². The van der Waals surface area contributed by atoms with Gasteiger partial charge in [0.2, 0.25) is 5.88 Å². The SMILES string of the molecule is COC(=O)c1cc(OC)nc(C(=O)O)c1. The number of carboxylic acid groups (broad SMARTS) is 1. The summed E-state index contributed by atoms with van der Waals surface area (Å²) in [4.78, 5) is 25.5. The number of carbonyl (C=O) groups is 2. The number of esters is 1. The lowest BCUT2D eigenvalue weighted by Crippen LogP contribution is -2.07. The van der Waals surface area contributed by atoms with E-state index in [0.717, 1.165) is 6.07 Å². The molecule has 80 valence electrons. The fourth-order valence-electron chi connectivity index (χ4n) is 0.955. The Balaban J connectivity index is 3.23. The van der Waals surface area contributed by atoms with E-state index in [1.807, 2.05) is 0 Å². The number of carboxylic acids is 1. The first-order chi connectivity index (χ1) is 7.08. The molecule has 0 spiro atoms. The molecule has 0 saturated carbocycles. The van der Waals surface area contributed by atoms with Crippen LogP contribution in [0.4, 0.5) is 0 Å². The van der Waals surface area contributed by atoms with Gasteiger partial charge in [0, 0.05) is 6.07 Å².